The van der Waals surface area contributed by atoms with E-state index in [1.807, 2.05) is 0 Å². The maximum absolute atomic E-state index is 12.3. The minimum atomic E-state index is -0.457. The number of carbonyl (C=O) groups is 1. The fraction of sp³-hybridized carbons (Fsp3) is 0.733. The highest BCUT2D eigenvalue weighted by atomic mass is 16.3. The van der Waals surface area contributed by atoms with E-state index in [9.17, 15) is 9.90 Å². The highest BCUT2D eigenvalue weighted by molar-refractivity contribution is 5.84. The molecule has 3 N–H and O–H groups in total. The first-order valence-electron chi connectivity index (χ1n) is 7.65. The molecule has 5 nitrogen and oxygen atoms in total. The molecule has 0 bridgehead atoms. The molecule has 1 aromatic heterocycles. The average Bonchev–Trinajstić information content (AvgIpc) is 2.94. The Balaban J connectivity index is 1.90. The van der Waals surface area contributed by atoms with E-state index in [-0.39, 0.29) is 17.7 Å². The van der Waals surface area contributed by atoms with Crippen LogP contribution < -0.4 is 5.32 Å². The summed E-state index contributed by atoms with van der Waals surface area (Å²) in [6.07, 6.45) is 6.00. The molecular weight excluding hydrogens is 254 g/mol. The molecule has 0 spiro atoms. The number of nitrogens with zero attached hydrogens (tertiary/aromatic N) is 1. The predicted molar refractivity (Wildman–Crippen MR) is 77.4 cm³/mol. The van der Waals surface area contributed by atoms with Crippen LogP contribution in [0.15, 0.2) is 6.20 Å². The first kappa shape index (κ1) is 15.0. The topological polar surface area (TPSA) is 78.0 Å². The van der Waals surface area contributed by atoms with E-state index in [1.165, 1.54) is 0 Å². The molecule has 1 aliphatic rings. The van der Waals surface area contributed by atoms with Crippen molar-refractivity contribution in [1.29, 1.82) is 0 Å². The lowest BCUT2D eigenvalue weighted by atomic mass is 9.86. The monoisotopic (exact) mass is 279 g/mol. The molecule has 0 saturated carbocycles. The lowest BCUT2D eigenvalue weighted by molar-refractivity contribution is -0.123. The van der Waals surface area contributed by atoms with Gasteiger partial charge in [0.2, 0.25) is 5.91 Å². The zero-order valence-corrected chi connectivity index (χ0v) is 12.4. The van der Waals surface area contributed by atoms with Gasteiger partial charge in [0.15, 0.2) is 0 Å². The molecule has 0 fully saturated rings. The molecule has 112 valence electrons. The largest absolute Gasteiger partial charge is 0.391 e. The predicted octanol–water partition coefficient (Wildman–Crippen LogP) is 1.74. The summed E-state index contributed by atoms with van der Waals surface area (Å²) in [6.45, 7) is 4.48. The summed E-state index contributed by atoms with van der Waals surface area (Å²) in [6, 6.07) is 0. The van der Waals surface area contributed by atoms with E-state index >= 15 is 0 Å². The van der Waals surface area contributed by atoms with Crippen LogP contribution in [-0.4, -0.2) is 33.9 Å². The van der Waals surface area contributed by atoms with Gasteiger partial charge in [-0.05, 0) is 25.2 Å². The number of aromatic amines is 1. The van der Waals surface area contributed by atoms with Crippen LogP contribution in [0.25, 0.3) is 0 Å². The van der Waals surface area contributed by atoms with Gasteiger partial charge in [0, 0.05) is 17.8 Å². The van der Waals surface area contributed by atoms with Crippen LogP contribution in [0.1, 0.15) is 56.7 Å². The average molecular weight is 279 g/mol. The number of aliphatic hydroxyl groups excluding tert-OH is 1. The fourth-order valence-electron chi connectivity index (χ4n) is 3.06. The number of aliphatic hydroxyl groups is 1. The lowest BCUT2D eigenvalue weighted by Gasteiger charge is -2.24. The molecule has 0 saturated heterocycles. The third-order valence-electron chi connectivity index (χ3n) is 4.44. The molecule has 1 amide bonds. The first-order valence-corrected chi connectivity index (χ1v) is 7.65. The van der Waals surface area contributed by atoms with Gasteiger partial charge in [0.05, 0.1) is 18.2 Å². The lowest BCUT2D eigenvalue weighted by Crippen LogP contribution is -2.39. The fourth-order valence-corrected chi connectivity index (χ4v) is 3.06. The summed E-state index contributed by atoms with van der Waals surface area (Å²) in [4.78, 5) is 12.3. The van der Waals surface area contributed by atoms with Crippen molar-refractivity contribution >= 4 is 5.91 Å². The quantitative estimate of drug-likeness (QED) is 0.742. The third-order valence-corrected chi connectivity index (χ3v) is 4.44. The number of aryl methyl sites for hydroxylation is 1. The molecule has 0 radical (unpaired) electrons. The first-order chi connectivity index (χ1) is 9.67. The number of hydrogen-bond donors (Lipinski definition) is 3. The van der Waals surface area contributed by atoms with Crippen molar-refractivity contribution in [2.45, 2.75) is 58.0 Å². The second-order valence-corrected chi connectivity index (χ2v) is 5.64. The number of hydrogen-bond acceptors (Lipinski definition) is 3. The van der Waals surface area contributed by atoms with Crippen molar-refractivity contribution in [1.82, 2.24) is 15.5 Å². The van der Waals surface area contributed by atoms with Crippen molar-refractivity contribution in [3.63, 3.8) is 0 Å². The summed E-state index contributed by atoms with van der Waals surface area (Å²) < 4.78 is 0. The Hall–Kier alpha value is -1.36. The van der Waals surface area contributed by atoms with Gasteiger partial charge in [-0.1, -0.05) is 26.7 Å². The summed E-state index contributed by atoms with van der Waals surface area (Å²) in [5, 5.41) is 20.0. The number of amides is 1. The second-order valence-electron chi connectivity index (χ2n) is 5.64. The molecule has 1 aromatic rings. The summed E-state index contributed by atoms with van der Waals surface area (Å²) in [5.41, 5.74) is 2.10. The minimum absolute atomic E-state index is 0.0114. The third kappa shape index (κ3) is 3.20. The Bertz CT molecular complexity index is 440. The summed E-state index contributed by atoms with van der Waals surface area (Å²) in [7, 11) is 0. The van der Waals surface area contributed by atoms with E-state index in [2.05, 4.69) is 29.4 Å². The minimum Gasteiger partial charge on any atom is -0.391 e. The van der Waals surface area contributed by atoms with Crippen LogP contribution in [-0.2, 0) is 11.2 Å². The van der Waals surface area contributed by atoms with Gasteiger partial charge in [-0.2, -0.15) is 5.10 Å². The van der Waals surface area contributed by atoms with Crippen molar-refractivity contribution < 1.29 is 9.90 Å². The van der Waals surface area contributed by atoms with Gasteiger partial charge >= 0.3 is 0 Å². The zero-order chi connectivity index (χ0) is 14.5. The molecule has 2 unspecified atom stereocenters. The van der Waals surface area contributed by atoms with E-state index in [4.69, 9.17) is 0 Å². The molecule has 5 heteroatoms. The van der Waals surface area contributed by atoms with Crippen molar-refractivity contribution in [2.75, 3.05) is 6.54 Å². The number of rotatable bonds is 6. The molecule has 0 aliphatic heterocycles. The molecule has 1 aliphatic carbocycles. The van der Waals surface area contributed by atoms with E-state index in [0.717, 1.165) is 43.4 Å². The van der Waals surface area contributed by atoms with E-state index in [1.54, 1.807) is 6.20 Å². The number of nitrogens with one attached hydrogen (secondary N) is 2. The van der Waals surface area contributed by atoms with Crippen molar-refractivity contribution in [2.24, 2.45) is 5.92 Å². The highest BCUT2D eigenvalue weighted by Gasteiger charge is 2.28. The van der Waals surface area contributed by atoms with Crippen LogP contribution in [0.3, 0.4) is 0 Å². The SMILES string of the molecule is CCC(CC)C(O)CNC(=O)C1CCCc2[nH]ncc21. The Morgan fingerprint density at radius 2 is 2.30 bits per heavy atom. The molecule has 2 rings (SSSR count). The van der Waals surface area contributed by atoms with Gasteiger partial charge in [-0.25, -0.2) is 0 Å². The van der Waals surface area contributed by atoms with Crippen LogP contribution in [0.2, 0.25) is 0 Å². The molecule has 20 heavy (non-hydrogen) atoms. The normalized spacial score (nSPS) is 19.7. The van der Waals surface area contributed by atoms with Crippen LogP contribution in [0.5, 0.6) is 0 Å². The Morgan fingerprint density at radius 1 is 1.55 bits per heavy atom. The summed E-state index contributed by atoms with van der Waals surface area (Å²) in [5.74, 6) is 0.148. The molecule has 2 atom stereocenters. The van der Waals surface area contributed by atoms with Gasteiger partial charge in [0.1, 0.15) is 0 Å². The maximum atomic E-state index is 12.3. The van der Waals surface area contributed by atoms with Gasteiger partial charge in [0.25, 0.3) is 0 Å². The Labute approximate surface area is 120 Å². The molecular formula is C15H25N3O2. The zero-order valence-electron chi connectivity index (χ0n) is 12.4. The standard InChI is InChI=1S/C15H25N3O2/c1-3-10(4-2)14(19)9-16-15(20)11-6-5-7-13-12(11)8-17-18-13/h8,10-11,14,19H,3-7,9H2,1-2H3,(H,16,20)(H,17,18). The van der Waals surface area contributed by atoms with Gasteiger partial charge < -0.3 is 10.4 Å². The van der Waals surface area contributed by atoms with Gasteiger partial charge in [-0.15, -0.1) is 0 Å². The number of H-pyrrole nitrogens is 1. The molecule has 0 aromatic carbocycles. The van der Waals surface area contributed by atoms with Crippen LogP contribution in [0, 0.1) is 5.92 Å². The smallest absolute Gasteiger partial charge is 0.227 e. The number of carbonyl (C=O) groups excluding carboxylic acids is 1. The van der Waals surface area contributed by atoms with Crippen LogP contribution >= 0.6 is 0 Å². The van der Waals surface area contributed by atoms with Crippen LogP contribution in [0.4, 0.5) is 0 Å². The highest BCUT2D eigenvalue weighted by Crippen LogP contribution is 2.30. The number of aromatic nitrogens is 2. The van der Waals surface area contributed by atoms with E-state index < -0.39 is 6.10 Å². The van der Waals surface area contributed by atoms with Crippen molar-refractivity contribution in [3.8, 4) is 0 Å². The Morgan fingerprint density at radius 3 is 3.00 bits per heavy atom. The van der Waals surface area contributed by atoms with Gasteiger partial charge in [-0.3, -0.25) is 9.89 Å². The number of fused-ring (bicyclic) bond motifs is 1. The van der Waals surface area contributed by atoms with E-state index in [0.29, 0.717) is 6.54 Å². The Kier molecular flexibility index (Phi) is 5.17. The maximum Gasteiger partial charge on any atom is 0.227 e. The summed E-state index contributed by atoms with van der Waals surface area (Å²) >= 11 is 0. The van der Waals surface area contributed by atoms with Crippen molar-refractivity contribution in [3.05, 3.63) is 17.5 Å². The second kappa shape index (κ2) is 6.88. The molecule has 1 heterocycles.